The van der Waals surface area contributed by atoms with Gasteiger partial charge in [0, 0.05) is 17.5 Å². The topological polar surface area (TPSA) is 86.4 Å². The maximum atomic E-state index is 13.6. The molecule has 7 nitrogen and oxygen atoms in total. The van der Waals surface area contributed by atoms with Crippen LogP contribution in [0.3, 0.4) is 0 Å². The van der Waals surface area contributed by atoms with Crippen molar-refractivity contribution in [3.63, 3.8) is 0 Å². The Morgan fingerprint density at radius 1 is 1.03 bits per heavy atom. The summed E-state index contributed by atoms with van der Waals surface area (Å²) in [5, 5.41) is 4.12. The van der Waals surface area contributed by atoms with E-state index in [0.29, 0.717) is 28.6 Å². The minimum absolute atomic E-state index is 0.118. The Kier molecular flexibility index (Phi) is 6.54. The summed E-state index contributed by atoms with van der Waals surface area (Å²) in [7, 11) is 1.59. The summed E-state index contributed by atoms with van der Waals surface area (Å²) in [5.41, 5.74) is 2.82. The fraction of sp³-hybridized carbons (Fsp3) is 0.148. The van der Waals surface area contributed by atoms with Gasteiger partial charge in [-0.15, -0.1) is 0 Å². The molecule has 5 aromatic rings. The number of fused-ring (bicyclic) bond motifs is 3. The van der Waals surface area contributed by atoms with E-state index in [2.05, 4.69) is 5.32 Å². The van der Waals surface area contributed by atoms with Crippen LogP contribution in [0.2, 0.25) is 0 Å². The number of benzene rings is 3. The monoisotopic (exact) mass is 485 g/mol. The second-order valence-electron chi connectivity index (χ2n) is 7.92. The molecule has 8 heteroatoms. The van der Waals surface area contributed by atoms with Gasteiger partial charge in [-0.3, -0.25) is 14.2 Å². The number of hydrogen-bond donors (Lipinski definition) is 1. The molecular formula is C27H23N3O4S. The Bertz CT molecular complexity index is 1560. The van der Waals surface area contributed by atoms with Crippen LogP contribution in [0.4, 0.5) is 0 Å². The molecule has 2 heterocycles. The van der Waals surface area contributed by atoms with Crippen molar-refractivity contribution in [3.05, 3.63) is 100 Å². The van der Waals surface area contributed by atoms with Gasteiger partial charge in [-0.05, 0) is 23.8 Å². The molecule has 1 amide bonds. The van der Waals surface area contributed by atoms with E-state index in [9.17, 15) is 9.59 Å². The van der Waals surface area contributed by atoms with Crippen LogP contribution in [0, 0.1) is 0 Å². The predicted octanol–water partition coefficient (Wildman–Crippen LogP) is 4.61. The molecule has 5 rings (SSSR count). The largest absolute Gasteiger partial charge is 0.496 e. The third kappa shape index (κ3) is 4.79. The van der Waals surface area contributed by atoms with E-state index in [1.807, 2.05) is 78.9 Å². The van der Waals surface area contributed by atoms with Gasteiger partial charge in [-0.1, -0.05) is 72.4 Å². The number of thioether (sulfide) groups is 1. The first-order chi connectivity index (χ1) is 17.1. The van der Waals surface area contributed by atoms with Gasteiger partial charge in [0.2, 0.25) is 11.5 Å². The lowest BCUT2D eigenvalue weighted by Gasteiger charge is -2.14. The summed E-state index contributed by atoms with van der Waals surface area (Å²) >= 11 is 1.22. The third-order valence-corrected chi connectivity index (χ3v) is 6.61. The minimum atomic E-state index is -0.302. The van der Waals surface area contributed by atoms with Crippen molar-refractivity contribution in [2.45, 2.75) is 18.2 Å². The van der Waals surface area contributed by atoms with Gasteiger partial charge in [-0.2, -0.15) is 0 Å². The fourth-order valence-corrected chi connectivity index (χ4v) is 4.71. The maximum absolute atomic E-state index is 13.6. The average molecular weight is 486 g/mol. The molecule has 176 valence electrons. The number of carbonyl (C=O) groups excluding carboxylic acids is 1. The molecule has 0 aliphatic rings. The molecule has 0 aliphatic carbocycles. The molecule has 1 N–H and O–H groups in total. The van der Waals surface area contributed by atoms with Crippen molar-refractivity contribution in [2.75, 3.05) is 12.9 Å². The smallest absolute Gasteiger partial charge is 0.298 e. The van der Waals surface area contributed by atoms with Gasteiger partial charge in [0.1, 0.15) is 16.8 Å². The SMILES string of the molecule is COc1ccccc1Cn1c(SCC(=O)NCc2ccccc2)nc2c(oc3ccccc32)c1=O. The molecule has 35 heavy (non-hydrogen) atoms. The summed E-state index contributed by atoms with van der Waals surface area (Å²) < 4.78 is 12.9. The second kappa shape index (κ2) is 10.1. The van der Waals surface area contributed by atoms with E-state index in [0.717, 1.165) is 16.5 Å². The number of para-hydroxylation sites is 2. The second-order valence-corrected chi connectivity index (χ2v) is 8.87. The Hall–Kier alpha value is -4.04. The Labute approximate surface area is 205 Å². The number of nitrogens with zero attached hydrogens (tertiary/aromatic N) is 2. The number of ether oxygens (including phenoxy) is 1. The van der Waals surface area contributed by atoms with E-state index < -0.39 is 0 Å². The van der Waals surface area contributed by atoms with Crippen molar-refractivity contribution in [1.29, 1.82) is 0 Å². The molecule has 0 aliphatic heterocycles. The average Bonchev–Trinajstić information content (AvgIpc) is 3.28. The summed E-state index contributed by atoms with van der Waals surface area (Å²) in [5.74, 6) is 0.640. The molecule has 0 spiro atoms. The van der Waals surface area contributed by atoms with E-state index in [4.69, 9.17) is 14.1 Å². The van der Waals surface area contributed by atoms with Crippen molar-refractivity contribution < 1.29 is 13.9 Å². The van der Waals surface area contributed by atoms with Crippen LogP contribution in [0.1, 0.15) is 11.1 Å². The van der Waals surface area contributed by atoms with Crippen LogP contribution in [-0.2, 0) is 17.9 Å². The zero-order chi connectivity index (χ0) is 24.2. The first kappa shape index (κ1) is 22.7. The number of methoxy groups -OCH3 is 1. The highest BCUT2D eigenvalue weighted by atomic mass is 32.2. The van der Waals surface area contributed by atoms with Gasteiger partial charge >= 0.3 is 0 Å². The van der Waals surface area contributed by atoms with Crippen molar-refractivity contribution in [3.8, 4) is 5.75 Å². The van der Waals surface area contributed by atoms with E-state index in [-0.39, 0.29) is 29.3 Å². The highest BCUT2D eigenvalue weighted by molar-refractivity contribution is 7.99. The predicted molar refractivity (Wildman–Crippen MR) is 137 cm³/mol. The number of rotatable bonds is 8. The summed E-state index contributed by atoms with van der Waals surface area (Å²) in [6.07, 6.45) is 0. The van der Waals surface area contributed by atoms with E-state index in [1.165, 1.54) is 16.3 Å². The number of hydrogen-bond acceptors (Lipinski definition) is 6. The Morgan fingerprint density at radius 3 is 2.60 bits per heavy atom. The zero-order valence-electron chi connectivity index (χ0n) is 19.1. The van der Waals surface area contributed by atoms with Crippen molar-refractivity contribution in [1.82, 2.24) is 14.9 Å². The molecule has 0 unspecified atom stereocenters. The maximum Gasteiger partial charge on any atom is 0.298 e. The summed E-state index contributed by atoms with van der Waals surface area (Å²) in [6.45, 7) is 0.671. The van der Waals surface area contributed by atoms with Gasteiger partial charge in [0.05, 0.1) is 19.4 Å². The first-order valence-electron chi connectivity index (χ1n) is 11.1. The van der Waals surface area contributed by atoms with Crippen LogP contribution in [0.25, 0.3) is 22.1 Å². The number of carbonyl (C=O) groups is 1. The van der Waals surface area contributed by atoms with Gasteiger partial charge in [0.15, 0.2) is 5.16 Å². The van der Waals surface area contributed by atoms with Crippen LogP contribution < -0.4 is 15.6 Å². The van der Waals surface area contributed by atoms with Crippen LogP contribution in [-0.4, -0.2) is 28.3 Å². The van der Waals surface area contributed by atoms with Crippen LogP contribution in [0.15, 0.2) is 93.2 Å². The molecule has 0 radical (unpaired) electrons. The van der Waals surface area contributed by atoms with Crippen LogP contribution in [0.5, 0.6) is 5.75 Å². The Morgan fingerprint density at radius 2 is 1.77 bits per heavy atom. The molecule has 0 saturated heterocycles. The third-order valence-electron chi connectivity index (χ3n) is 5.63. The van der Waals surface area contributed by atoms with E-state index >= 15 is 0 Å². The number of aromatic nitrogens is 2. The Balaban J connectivity index is 1.48. The fourth-order valence-electron chi connectivity index (χ4n) is 3.88. The standard InChI is InChI=1S/C27H23N3O4S/c1-33-21-13-7-5-11-19(21)16-30-26(32)25-24(20-12-6-8-14-22(20)34-25)29-27(30)35-17-23(31)28-15-18-9-3-2-4-10-18/h2-14H,15-17H2,1H3,(H,28,31). The molecule has 0 saturated carbocycles. The number of amides is 1. The van der Waals surface area contributed by atoms with E-state index in [1.54, 1.807) is 7.11 Å². The molecule has 0 atom stereocenters. The molecule has 3 aromatic carbocycles. The normalized spacial score (nSPS) is 11.1. The zero-order valence-corrected chi connectivity index (χ0v) is 19.9. The van der Waals surface area contributed by atoms with Gasteiger partial charge in [0.25, 0.3) is 5.56 Å². The summed E-state index contributed by atoms with van der Waals surface area (Å²) in [4.78, 5) is 30.9. The lowest BCUT2D eigenvalue weighted by Crippen LogP contribution is -2.27. The lowest BCUT2D eigenvalue weighted by atomic mass is 10.2. The molecular weight excluding hydrogens is 462 g/mol. The summed E-state index contributed by atoms with van der Waals surface area (Å²) in [6, 6.07) is 24.6. The first-order valence-corrected chi connectivity index (χ1v) is 12.1. The minimum Gasteiger partial charge on any atom is -0.496 e. The highest BCUT2D eigenvalue weighted by Gasteiger charge is 2.19. The lowest BCUT2D eigenvalue weighted by molar-refractivity contribution is -0.118. The van der Waals surface area contributed by atoms with Crippen molar-refractivity contribution >= 4 is 39.7 Å². The highest BCUT2D eigenvalue weighted by Crippen LogP contribution is 2.28. The van der Waals surface area contributed by atoms with Gasteiger partial charge < -0.3 is 14.5 Å². The number of furan rings is 1. The van der Waals surface area contributed by atoms with Crippen LogP contribution >= 0.6 is 11.8 Å². The molecule has 2 aromatic heterocycles. The quantitative estimate of drug-likeness (QED) is 0.255. The molecule has 0 fully saturated rings. The van der Waals surface area contributed by atoms with Gasteiger partial charge in [-0.25, -0.2) is 4.98 Å². The van der Waals surface area contributed by atoms with Crippen molar-refractivity contribution in [2.24, 2.45) is 0 Å². The number of nitrogens with one attached hydrogen (secondary N) is 1. The molecule has 0 bridgehead atoms.